The van der Waals surface area contributed by atoms with Gasteiger partial charge >= 0.3 is 0 Å². The van der Waals surface area contributed by atoms with Crippen LogP contribution >= 0.6 is 27.5 Å². The third kappa shape index (κ3) is 2.93. The molecule has 0 aliphatic rings. The molecule has 0 saturated heterocycles. The molecule has 0 spiro atoms. The Hall–Kier alpha value is -1.47. The molecule has 1 aromatic carbocycles. The first-order valence-corrected chi connectivity index (χ1v) is 6.26. The van der Waals surface area contributed by atoms with Crippen LogP contribution in [0.5, 0.6) is 0 Å². The molecular formula is C11H8BrClF2N4. The summed E-state index contributed by atoms with van der Waals surface area (Å²) in [7, 11) is 0. The van der Waals surface area contributed by atoms with Crippen molar-refractivity contribution in [2.24, 2.45) is 0 Å². The third-order valence-electron chi connectivity index (χ3n) is 2.36. The van der Waals surface area contributed by atoms with E-state index in [0.29, 0.717) is 5.69 Å². The summed E-state index contributed by atoms with van der Waals surface area (Å²) >= 11 is 8.67. The second kappa shape index (κ2) is 5.26. The fourth-order valence-corrected chi connectivity index (χ4v) is 2.04. The van der Waals surface area contributed by atoms with Gasteiger partial charge < -0.3 is 11.1 Å². The van der Waals surface area contributed by atoms with Crippen LogP contribution in [0.2, 0.25) is 5.28 Å². The minimum absolute atomic E-state index is 0.0534. The van der Waals surface area contributed by atoms with Crippen molar-refractivity contribution in [3.8, 4) is 0 Å². The maximum atomic E-state index is 13.7. The molecule has 0 fully saturated rings. The Balaban J connectivity index is 2.48. The van der Waals surface area contributed by atoms with E-state index in [1.54, 1.807) is 6.92 Å². The second-order valence-corrected chi connectivity index (χ2v) is 4.96. The van der Waals surface area contributed by atoms with Crippen molar-refractivity contribution in [3.05, 3.63) is 39.2 Å². The van der Waals surface area contributed by atoms with Crippen molar-refractivity contribution >= 4 is 44.7 Å². The van der Waals surface area contributed by atoms with Gasteiger partial charge in [0, 0.05) is 4.47 Å². The van der Waals surface area contributed by atoms with Crippen LogP contribution in [0.4, 0.5) is 26.0 Å². The number of nitrogens with one attached hydrogen (secondary N) is 1. The monoisotopic (exact) mass is 348 g/mol. The van der Waals surface area contributed by atoms with Gasteiger partial charge in [-0.05, 0) is 30.7 Å². The number of aryl methyl sites for hydroxylation is 1. The van der Waals surface area contributed by atoms with Gasteiger partial charge in [-0.1, -0.05) is 15.9 Å². The van der Waals surface area contributed by atoms with E-state index in [4.69, 9.17) is 17.3 Å². The van der Waals surface area contributed by atoms with Crippen molar-refractivity contribution < 1.29 is 8.78 Å². The molecule has 4 nitrogen and oxygen atoms in total. The zero-order valence-corrected chi connectivity index (χ0v) is 12.0. The van der Waals surface area contributed by atoms with E-state index >= 15 is 0 Å². The molecule has 8 heteroatoms. The quantitative estimate of drug-likeness (QED) is 0.809. The lowest BCUT2D eigenvalue weighted by atomic mass is 10.2. The predicted octanol–water partition coefficient (Wildman–Crippen LogP) is 3.80. The number of hydrogen-bond acceptors (Lipinski definition) is 4. The van der Waals surface area contributed by atoms with E-state index in [1.807, 2.05) is 0 Å². The Morgan fingerprint density at radius 2 is 1.84 bits per heavy atom. The Bertz CT molecular complexity index is 628. The lowest BCUT2D eigenvalue weighted by Crippen LogP contribution is -2.06. The lowest BCUT2D eigenvalue weighted by molar-refractivity contribution is 0.589. The molecule has 0 saturated carbocycles. The fourth-order valence-electron chi connectivity index (χ4n) is 1.42. The summed E-state index contributed by atoms with van der Waals surface area (Å²) in [6.45, 7) is 1.61. The Morgan fingerprint density at radius 3 is 2.42 bits per heavy atom. The molecule has 0 radical (unpaired) electrons. The van der Waals surface area contributed by atoms with Crippen LogP contribution in [-0.2, 0) is 0 Å². The molecule has 1 aromatic heterocycles. The highest BCUT2D eigenvalue weighted by Crippen LogP contribution is 2.29. The van der Waals surface area contributed by atoms with Crippen LogP contribution in [-0.4, -0.2) is 9.97 Å². The summed E-state index contributed by atoms with van der Waals surface area (Å²) in [5.74, 6) is -1.50. The normalized spacial score (nSPS) is 10.6. The highest BCUT2D eigenvalue weighted by Gasteiger charge is 2.14. The van der Waals surface area contributed by atoms with E-state index in [1.165, 1.54) is 0 Å². The number of nitrogen functional groups attached to an aromatic ring is 1. The molecule has 0 aliphatic heterocycles. The van der Waals surface area contributed by atoms with E-state index in [0.717, 1.165) is 12.1 Å². The summed E-state index contributed by atoms with van der Waals surface area (Å²) in [5, 5.41) is 2.42. The topological polar surface area (TPSA) is 63.8 Å². The first-order valence-electron chi connectivity index (χ1n) is 5.09. The number of benzene rings is 1. The highest BCUT2D eigenvalue weighted by atomic mass is 79.9. The Kier molecular flexibility index (Phi) is 3.86. The van der Waals surface area contributed by atoms with Gasteiger partial charge in [0.15, 0.2) is 17.5 Å². The van der Waals surface area contributed by atoms with Gasteiger partial charge in [-0.15, -0.1) is 0 Å². The van der Waals surface area contributed by atoms with E-state index < -0.39 is 11.6 Å². The zero-order chi connectivity index (χ0) is 14.2. The first kappa shape index (κ1) is 14.0. The van der Waals surface area contributed by atoms with Gasteiger partial charge in [-0.2, -0.15) is 4.98 Å². The van der Waals surface area contributed by atoms with Gasteiger partial charge in [-0.25, -0.2) is 13.8 Å². The maximum Gasteiger partial charge on any atom is 0.224 e. The van der Waals surface area contributed by atoms with Crippen LogP contribution in [0.15, 0.2) is 16.6 Å². The van der Waals surface area contributed by atoms with Crippen LogP contribution in [0.3, 0.4) is 0 Å². The molecule has 0 atom stereocenters. The molecule has 0 aliphatic carbocycles. The molecule has 19 heavy (non-hydrogen) atoms. The van der Waals surface area contributed by atoms with Gasteiger partial charge in [-0.3, -0.25) is 0 Å². The molecule has 1 heterocycles. The summed E-state index contributed by atoms with van der Waals surface area (Å²) in [6.07, 6.45) is 0. The van der Waals surface area contributed by atoms with Gasteiger partial charge in [0.1, 0.15) is 5.69 Å². The van der Waals surface area contributed by atoms with Crippen LogP contribution in [0, 0.1) is 18.6 Å². The zero-order valence-electron chi connectivity index (χ0n) is 9.64. The predicted molar refractivity (Wildman–Crippen MR) is 73.5 cm³/mol. The molecule has 100 valence electrons. The van der Waals surface area contributed by atoms with E-state index in [9.17, 15) is 8.78 Å². The van der Waals surface area contributed by atoms with E-state index in [2.05, 4.69) is 31.2 Å². The third-order valence-corrected chi connectivity index (χ3v) is 2.99. The molecule has 0 bridgehead atoms. The molecule has 2 aromatic rings. The number of aromatic nitrogens is 2. The van der Waals surface area contributed by atoms with Crippen molar-refractivity contribution in [3.63, 3.8) is 0 Å². The summed E-state index contributed by atoms with van der Waals surface area (Å²) < 4.78 is 27.6. The summed E-state index contributed by atoms with van der Waals surface area (Å²) in [5.41, 5.74) is 5.96. The summed E-state index contributed by atoms with van der Waals surface area (Å²) in [4.78, 5) is 7.64. The minimum Gasteiger partial charge on any atom is -0.394 e. The van der Waals surface area contributed by atoms with Gasteiger partial charge in [0.25, 0.3) is 0 Å². The number of anilines is 3. The smallest absolute Gasteiger partial charge is 0.224 e. The molecule has 2 rings (SSSR count). The number of nitrogens with two attached hydrogens (primary N) is 1. The van der Waals surface area contributed by atoms with Crippen LogP contribution in [0.25, 0.3) is 0 Å². The number of rotatable bonds is 2. The lowest BCUT2D eigenvalue weighted by Gasteiger charge is -2.11. The highest BCUT2D eigenvalue weighted by molar-refractivity contribution is 9.10. The summed E-state index contributed by atoms with van der Waals surface area (Å²) in [6, 6.07) is 2.24. The first-order chi connectivity index (χ1) is 8.88. The number of halogens is 4. The van der Waals surface area contributed by atoms with Crippen LogP contribution < -0.4 is 11.1 Å². The van der Waals surface area contributed by atoms with Gasteiger partial charge in [0.2, 0.25) is 5.28 Å². The average molecular weight is 350 g/mol. The van der Waals surface area contributed by atoms with Gasteiger partial charge in [0.05, 0.1) is 11.4 Å². The Morgan fingerprint density at radius 1 is 1.26 bits per heavy atom. The fraction of sp³-hybridized carbons (Fsp3) is 0.0909. The molecule has 3 N–H and O–H groups in total. The second-order valence-electron chi connectivity index (χ2n) is 3.71. The van der Waals surface area contributed by atoms with Crippen molar-refractivity contribution in [1.29, 1.82) is 0 Å². The minimum atomic E-state index is -0.779. The Labute approximate surface area is 121 Å². The molecular weight excluding hydrogens is 342 g/mol. The van der Waals surface area contributed by atoms with E-state index in [-0.39, 0.29) is 26.9 Å². The number of nitrogens with zero attached hydrogens (tertiary/aromatic N) is 2. The van der Waals surface area contributed by atoms with Crippen LogP contribution in [0.1, 0.15) is 5.69 Å². The van der Waals surface area contributed by atoms with Crippen molar-refractivity contribution in [1.82, 2.24) is 9.97 Å². The number of hydrogen-bond donors (Lipinski definition) is 2. The standard InChI is InChI=1S/C11H8BrClF2N4/c1-4-8(16)10(19-11(13)17-4)18-9-6(14)2-5(12)3-7(9)15/h2-3H,16H2,1H3,(H,17,18,19). The van der Waals surface area contributed by atoms with Crippen molar-refractivity contribution in [2.45, 2.75) is 6.92 Å². The average Bonchev–Trinajstić information content (AvgIpc) is 2.29. The largest absolute Gasteiger partial charge is 0.394 e. The SMILES string of the molecule is Cc1nc(Cl)nc(Nc2c(F)cc(Br)cc2F)c1N. The molecule has 0 amide bonds. The maximum absolute atomic E-state index is 13.7. The molecule has 0 unspecified atom stereocenters. The van der Waals surface area contributed by atoms with Crippen molar-refractivity contribution in [2.75, 3.05) is 11.1 Å².